The summed E-state index contributed by atoms with van der Waals surface area (Å²) < 4.78 is 0. The van der Waals surface area contributed by atoms with Crippen LogP contribution in [0.5, 0.6) is 0 Å². The van der Waals surface area contributed by atoms with E-state index in [1.807, 2.05) is 30.5 Å². The van der Waals surface area contributed by atoms with Gasteiger partial charge < -0.3 is 5.73 Å². The molecule has 0 saturated carbocycles. The highest BCUT2D eigenvalue weighted by Gasteiger charge is 1.91. The molecule has 2 N–H and O–H groups in total. The number of hydrogen-bond acceptors (Lipinski definition) is 2. The maximum absolute atomic E-state index is 5.61. The van der Waals surface area contributed by atoms with Crippen LogP contribution in [0.25, 0.3) is 0 Å². The predicted molar refractivity (Wildman–Crippen MR) is 73.9 cm³/mol. The Morgan fingerprint density at radius 3 is 2.24 bits per heavy atom. The first-order chi connectivity index (χ1) is 8.28. The summed E-state index contributed by atoms with van der Waals surface area (Å²) in [5.41, 5.74) is 9.74. The van der Waals surface area contributed by atoms with E-state index in [4.69, 9.17) is 5.73 Å². The summed E-state index contributed by atoms with van der Waals surface area (Å²) in [6, 6.07) is 16.0. The van der Waals surface area contributed by atoms with Gasteiger partial charge in [0.05, 0.1) is 5.69 Å². The van der Waals surface area contributed by atoms with Crippen LogP contribution in [0.15, 0.2) is 53.5 Å². The Kier molecular flexibility index (Phi) is 3.55. The van der Waals surface area contributed by atoms with E-state index < -0.39 is 0 Å². The predicted octanol–water partition coefficient (Wildman–Crippen LogP) is 3.58. The van der Waals surface area contributed by atoms with Gasteiger partial charge in [-0.2, -0.15) is 0 Å². The molecule has 0 amide bonds. The fourth-order valence-corrected chi connectivity index (χ4v) is 1.55. The first-order valence-corrected chi connectivity index (χ1v) is 5.76. The summed E-state index contributed by atoms with van der Waals surface area (Å²) >= 11 is 0. The molecule has 2 aromatic rings. The quantitative estimate of drug-likeness (QED) is 0.628. The monoisotopic (exact) mass is 224 g/mol. The van der Waals surface area contributed by atoms with Crippen LogP contribution < -0.4 is 5.73 Å². The molecule has 0 aliphatic carbocycles. The molecule has 2 rings (SSSR count). The lowest BCUT2D eigenvalue weighted by molar-refractivity contribution is 1.14. The topological polar surface area (TPSA) is 38.4 Å². The molecule has 0 aliphatic rings. The minimum Gasteiger partial charge on any atom is -0.399 e. The lowest BCUT2D eigenvalue weighted by Gasteiger charge is -1.97. The van der Waals surface area contributed by atoms with Gasteiger partial charge in [-0.1, -0.05) is 31.2 Å². The van der Waals surface area contributed by atoms with Crippen LogP contribution >= 0.6 is 0 Å². The number of aliphatic imine (C=N–C) groups is 1. The van der Waals surface area contributed by atoms with E-state index in [1.54, 1.807) is 0 Å². The fourth-order valence-electron chi connectivity index (χ4n) is 1.55. The maximum atomic E-state index is 5.61. The zero-order valence-electron chi connectivity index (χ0n) is 9.93. The molecule has 0 heterocycles. The zero-order chi connectivity index (χ0) is 12.1. The van der Waals surface area contributed by atoms with Crippen LogP contribution in [0.4, 0.5) is 11.4 Å². The average molecular weight is 224 g/mol. The lowest BCUT2D eigenvalue weighted by Crippen LogP contribution is -1.84. The second kappa shape index (κ2) is 5.30. The Hall–Kier alpha value is -2.09. The summed E-state index contributed by atoms with van der Waals surface area (Å²) in [7, 11) is 0. The molecule has 0 atom stereocenters. The van der Waals surface area contributed by atoms with Crippen molar-refractivity contribution in [3.63, 3.8) is 0 Å². The Morgan fingerprint density at radius 1 is 1.00 bits per heavy atom. The van der Waals surface area contributed by atoms with Crippen molar-refractivity contribution in [1.29, 1.82) is 0 Å². The van der Waals surface area contributed by atoms with Crippen LogP contribution in [0.1, 0.15) is 18.1 Å². The van der Waals surface area contributed by atoms with Crippen LogP contribution in [0.2, 0.25) is 0 Å². The molecule has 0 aliphatic heterocycles. The molecule has 0 bridgehead atoms. The molecule has 17 heavy (non-hydrogen) atoms. The van der Waals surface area contributed by atoms with Crippen LogP contribution in [0, 0.1) is 0 Å². The summed E-state index contributed by atoms with van der Waals surface area (Å²) in [6.07, 6.45) is 2.93. The largest absolute Gasteiger partial charge is 0.399 e. The highest BCUT2D eigenvalue weighted by Crippen LogP contribution is 2.14. The maximum Gasteiger partial charge on any atom is 0.0631 e. The second-order valence-electron chi connectivity index (χ2n) is 3.94. The number of hydrogen-bond donors (Lipinski definition) is 1. The van der Waals surface area contributed by atoms with Gasteiger partial charge in [0.1, 0.15) is 0 Å². The first kappa shape index (κ1) is 11.4. The third kappa shape index (κ3) is 3.18. The minimum atomic E-state index is 0.760. The number of nitrogens with two attached hydrogens (primary N) is 1. The first-order valence-electron chi connectivity index (χ1n) is 5.76. The minimum absolute atomic E-state index is 0.760. The SMILES string of the molecule is CCc1ccc(C=Nc2ccc(N)cc2)cc1. The van der Waals surface area contributed by atoms with Gasteiger partial charge in [0.25, 0.3) is 0 Å². The van der Waals surface area contributed by atoms with Crippen molar-refractivity contribution in [3.05, 3.63) is 59.7 Å². The van der Waals surface area contributed by atoms with E-state index in [0.29, 0.717) is 0 Å². The van der Waals surface area contributed by atoms with E-state index in [1.165, 1.54) is 5.56 Å². The van der Waals surface area contributed by atoms with Gasteiger partial charge in [-0.25, -0.2) is 0 Å². The molecule has 0 radical (unpaired) electrons. The standard InChI is InChI=1S/C15H16N2/c1-2-12-3-5-13(6-4-12)11-17-15-9-7-14(16)8-10-15/h3-11H,2,16H2,1H3. The number of benzene rings is 2. The highest BCUT2D eigenvalue weighted by atomic mass is 14.7. The Balaban J connectivity index is 2.11. The van der Waals surface area contributed by atoms with Gasteiger partial charge in [0.2, 0.25) is 0 Å². The average Bonchev–Trinajstić information content (AvgIpc) is 2.39. The number of nitrogens with zero attached hydrogens (tertiary/aromatic N) is 1. The summed E-state index contributed by atoms with van der Waals surface area (Å²) in [6.45, 7) is 2.15. The molecule has 2 nitrogen and oxygen atoms in total. The number of aryl methyl sites for hydroxylation is 1. The van der Waals surface area contributed by atoms with Gasteiger partial charge in [0.15, 0.2) is 0 Å². The molecule has 0 spiro atoms. The van der Waals surface area contributed by atoms with E-state index in [2.05, 4.69) is 36.2 Å². The van der Waals surface area contributed by atoms with Crippen molar-refractivity contribution in [1.82, 2.24) is 0 Å². The Bertz CT molecular complexity index is 495. The molecular formula is C15H16N2. The number of anilines is 1. The molecular weight excluding hydrogens is 208 g/mol. The van der Waals surface area contributed by atoms with Crippen molar-refractivity contribution in [2.75, 3.05) is 5.73 Å². The third-order valence-corrected chi connectivity index (χ3v) is 2.64. The molecule has 86 valence electrons. The molecule has 0 fully saturated rings. The molecule has 2 heteroatoms. The van der Waals surface area contributed by atoms with Crippen LogP contribution in [-0.2, 0) is 6.42 Å². The van der Waals surface area contributed by atoms with Crippen molar-refractivity contribution in [3.8, 4) is 0 Å². The third-order valence-electron chi connectivity index (χ3n) is 2.64. The van der Waals surface area contributed by atoms with E-state index >= 15 is 0 Å². The zero-order valence-corrected chi connectivity index (χ0v) is 9.93. The Labute approximate surface area is 102 Å². The lowest BCUT2D eigenvalue weighted by atomic mass is 10.1. The van der Waals surface area contributed by atoms with Crippen molar-refractivity contribution in [2.24, 2.45) is 4.99 Å². The van der Waals surface area contributed by atoms with Gasteiger partial charge in [0, 0.05) is 11.9 Å². The molecule has 0 aromatic heterocycles. The summed E-state index contributed by atoms with van der Waals surface area (Å²) in [5, 5.41) is 0. The highest BCUT2D eigenvalue weighted by molar-refractivity contribution is 5.82. The second-order valence-corrected chi connectivity index (χ2v) is 3.94. The normalized spacial score (nSPS) is 10.9. The van der Waals surface area contributed by atoms with Gasteiger partial charge in [-0.15, -0.1) is 0 Å². The van der Waals surface area contributed by atoms with E-state index in [-0.39, 0.29) is 0 Å². The van der Waals surface area contributed by atoms with E-state index in [9.17, 15) is 0 Å². The Morgan fingerprint density at radius 2 is 1.65 bits per heavy atom. The van der Waals surface area contributed by atoms with Gasteiger partial charge >= 0.3 is 0 Å². The van der Waals surface area contributed by atoms with Crippen molar-refractivity contribution >= 4 is 17.6 Å². The molecule has 0 saturated heterocycles. The van der Waals surface area contributed by atoms with E-state index in [0.717, 1.165) is 23.4 Å². The molecule has 0 unspecified atom stereocenters. The van der Waals surface area contributed by atoms with Crippen LogP contribution in [0.3, 0.4) is 0 Å². The summed E-state index contributed by atoms with van der Waals surface area (Å²) in [4.78, 5) is 4.39. The molecule has 2 aromatic carbocycles. The smallest absolute Gasteiger partial charge is 0.0631 e. The van der Waals surface area contributed by atoms with Crippen LogP contribution in [-0.4, -0.2) is 6.21 Å². The van der Waals surface area contributed by atoms with Gasteiger partial charge in [-0.3, -0.25) is 4.99 Å². The van der Waals surface area contributed by atoms with Crippen molar-refractivity contribution < 1.29 is 0 Å². The number of nitrogen functional groups attached to an aromatic ring is 1. The van der Waals surface area contributed by atoms with Gasteiger partial charge in [-0.05, 0) is 41.8 Å². The fraction of sp³-hybridized carbons (Fsp3) is 0.133. The summed E-state index contributed by atoms with van der Waals surface area (Å²) in [5.74, 6) is 0. The number of rotatable bonds is 3. The van der Waals surface area contributed by atoms with Crippen molar-refractivity contribution in [2.45, 2.75) is 13.3 Å².